The number of aromatic nitrogens is 2. The second kappa shape index (κ2) is 10.7. The highest BCUT2D eigenvalue weighted by atomic mass is 35.5. The highest BCUT2D eigenvalue weighted by molar-refractivity contribution is 7.20. The number of para-hydroxylation sites is 1. The van der Waals surface area contributed by atoms with Gasteiger partial charge in [-0.3, -0.25) is 14.2 Å². The van der Waals surface area contributed by atoms with E-state index in [2.05, 4.69) is 10.3 Å². The number of carbonyl (C=O) groups excluding carboxylic acids is 2. The number of rotatable bonds is 8. The number of fused-ring (bicyclic) bond motifs is 1. The molecule has 0 saturated carbocycles. The van der Waals surface area contributed by atoms with Crippen molar-refractivity contribution in [1.29, 1.82) is 0 Å². The molecule has 1 N–H and O–H groups in total. The average molecular weight is 516 g/mol. The van der Waals surface area contributed by atoms with Gasteiger partial charge in [-0.05, 0) is 42.8 Å². The molecule has 4 aromatic rings. The number of thiophene rings is 1. The minimum Gasteiger partial charge on any atom is -0.490 e. The summed E-state index contributed by atoms with van der Waals surface area (Å²) in [7, 11) is 0. The molecule has 0 radical (unpaired) electrons. The van der Waals surface area contributed by atoms with Crippen molar-refractivity contribution in [3.8, 4) is 5.75 Å². The lowest BCUT2D eigenvalue weighted by Gasteiger charge is -2.08. The Morgan fingerprint density at radius 1 is 1.17 bits per heavy atom. The fraction of sp³-hybridized carbons (Fsp3) is 0.167. The molecule has 0 saturated heterocycles. The second-order valence-corrected chi connectivity index (χ2v) is 8.79. The third-order valence-electron chi connectivity index (χ3n) is 4.95. The maximum absolute atomic E-state index is 13.3. The highest BCUT2D eigenvalue weighted by Crippen LogP contribution is 2.27. The summed E-state index contributed by atoms with van der Waals surface area (Å²) in [6.45, 7) is 1.51. The molecular weight excluding hydrogens is 497 g/mol. The van der Waals surface area contributed by atoms with Gasteiger partial charge in [-0.2, -0.15) is 0 Å². The number of hydrogen-bond acceptors (Lipinski definition) is 7. The van der Waals surface area contributed by atoms with Gasteiger partial charge in [0.25, 0.3) is 5.56 Å². The number of amides is 1. The molecule has 0 aliphatic rings. The van der Waals surface area contributed by atoms with Gasteiger partial charge in [-0.15, -0.1) is 11.3 Å². The van der Waals surface area contributed by atoms with Gasteiger partial charge in [0.05, 0.1) is 16.7 Å². The molecule has 2 aromatic heterocycles. The number of carbonyl (C=O) groups is 2. The average Bonchev–Trinajstić information content (AvgIpc) is 3.18. The lowest BCUT2D eigenvalue weighted by molar-refractivity contribution is -0.116. The molecule has 0 aliphatic carbocycles. The molecule has 0 spiro atoms. The normalized spacial score (nSPS) is 10.8. The Kier molecular flexibility index (Phi) is 7.42. The number of esters is 1. The molecule has 0 bridgehead atoms. The van der Waals surface area contributed by atoms with Crippen LogP contribution in [0.2, 0.25) is 5.02 Å². The standard InChI is InChI=1S/C24H19ClFN3O5S/c1-14-20-22(35-21(14)24(32)34-10-9-33-16-5-3-2-4-6-16)27-13-29(23(20)31)12-19(30)28-15-7-8-18(26)17(25)11-15/h2-8,11,13H,9-10,12H2,1H3,(H,28,30). The largest absolute Gasteiger partial charge is 0.490 e. The van der Waals surface area contributed by atoms with Gasteiger partial charge in [0.2, 0.25) is 5.91 Å². The van der Waals surface area contributed by atoms with Gasteiger partial charge in [-0.1, -0.05) is 29.8 Å². The molecule has 0 atom stereocenters. The van der Waals surface area contributed by atoms with Gasteiger partial charge >= 0.3 is 5.97 Å². The Balaban J connectivity index is 1.43. The summed E-state index contributed by atoms with van der Waals surface area (Å²) in [4.78, 5) is 42.8. The van der Waals surface area contributed by atoms with Crippen molar-refractivity contribution in [2.24, 2.45) is 0 Å². The maximum atomic E-state index is 13.3. The van der Waals surface area contributed by atoms with Gasteiger partial charge < -0.3 is 14.8 Å². The Morgan fingerprint density at radius 3 is 2.69 bits per heavy atom. The Hall–Kier alpha value is -3.76. The van der Waals surface area contributed by atoms with E-state index in [1.165, 1.54) is 18.5 Å². The van der Waals surface area contributed by atoms with E-state index in [-0.39, 0.29) is 40.7 Å². The molecule has 2 heterocycles. The van der Waals surface area contributed by atoms with Crippen molar-refractivity contribution >= 4 is 50.7 Å². The number of hydrogen-bond donors (Lipinski definition) is 1. The predicted octanol–water partition coefficient (Wildman–Crippen LogP) is 4.43. The van der Waals surface area contributed by atoms with Crippen LogP contribution in [0.25, 0.3) is 10.2 Å². The third kappa shape index (κ3) is 5.67. The van der Waals surface area contributed by atoms with Crippen molar-refractivity contribution in [3.63, 3.8) is 0 Å². The molecule has 35 heavy (non-hydrogen) atoms. The molecule has 8 nitrogen and oxygen atoms in total. The van der Waals surface area contributed by atoms with Crippen LogP contribution in [0.3, 0.4) is 0 Å². The van der Waals surface area contributed by atoms with Crippen molar-refractivity contribution in [1.82, 2.24) is 9.55 Å². The van der Waals surface area contributed by atoms with Crippen LogP contribution in [0.4, 0.5) is 10.1 Å². The molecule has 4 rings (SSSR count). The summed E-state index contributed by atoms with van der Waals surface area (Å²) in [5.74, 6) is -1.06. The van der Waals surface area contributed by atoms with Crippen LogP contribution >= 0.6 is 22.9 Å². The van der Waals surface area contributed by atoms with Crippen molar-refractivity contribution in [2.45, 2.75) is 13.5 Å². The summed E-state index contributed by atoms with van der Waals surface area (Å²) < 4.78 is 25.2. The van der Waals surface area contributed by atoms with Crippen LogP contribution in [0.5, 0.6) is 5.75 Å². The fourth-order valence-corrected chi connectivity index (χ4v) is 4.49. The number of benzene rings is 2. The maximum Gasteiger partial charge on any atom is 0.348 e. The molecule has 2 aromatic carbocycles. The van der Waals surface area contributed by atoms with Crippen LogP contribution in [0.1, 0.15) is 15.2 Å². The first-order valence-corrected chi connectivity index (χ1v) is 11.6. The summed E-state index contributed by atoms with van der Waals surface area (Å²) in [5.41, 5.74) is 0.246. The summed E-state index contributed by atoms with van der Waals surface area (Å²) >= 11 is 6.77. The first-order valence-electron chi connectivity index (χ1n) is 10.4. The van der Waals surface area contributed by atoms with Crippen LogP contribution in [-0.4, -0.2) is 34.6 Å². The van der Waals surface area contributed by atoms with Gasteiger partial charge in [0, 0.05) is 5.69 Å². The highest BCUT2D eigenvalue weighted by Gasteiger charge is 2.21. The molecule has 1 amide bonds. The van der Waals surface area contributed by atoms with E-state index < -0.39 is 23.3 Å². The molecular formula is C24H19ClFN3O5S. The zero-order valence-electron chi connectivity index (χ0n) is 18.4. The van der Waals surface area contributed by atoms with Crippen LogP contribution in [0, 0.1) is 12.7 Å². The van der Waals surface area contributed by atoms with E-state index in [9.17, 15) is 18.8 Å². The summed E-state index contributed by atoms with van der Waals surface area (Å²) in [6, 6.07) is 12.9. The second-order valence-electron chi connectivity index (χ2n) is 7.39. The van der Waals surface area contributed by atoms with Crippen LogP contribution in [-0.2, 0) is 16.1 Å². The number of anilines is 1. The van der Waals surface area contributed by atoms with Crippen molar-refractivity contribution in [3.05, 3.63) is 86.5 Å². The fourth-order valence-electron chi connectivity index (χ4n) is 3.27. The van der Waals surface area contributed by atoms with Crippen molar-refractivity contribution < 1.29 is 23.5 Å². The summed E-state index contributed by atoms with van der Waals surface area (Å²) in [5, 5.41) is 2.65. The zero-order chi connectivity index (χ0) is 24.9. The number of ether oxygens (including phenoxy) is 2. The Bertz CT molecular complexity index is 1460. The minimum atomic E-state index is -0.610. The zero-order valence-corrected chi connectivity index (χ0v) is 20.0. The molecule has 180 valence electrons. The minimum absolute atomic E-state index is 0.0344. The SMILES string of the molecule is Cc1c(C(=O)OCCOc2ccccc2)sc2ncn(CC(=O)Nc3ccc(F)c(Cl)c3)c(=O)c12. The monoisotopic (exact) mass is 515 g/mol. The topological polar surface area (TPSA) is 99.5 Å². The van der Waals surface area contributed by atoms with Gasteiger partial charge in [0.15, 0.2) is 0 Å². The van der Waals surface area contributed by atoms with E-state index in [4.69, 9.17) is 21.1 Å². The number of nitrogens with one attached hydrogen (secondary N) is 1. The number of nitrogens with zero attached hydrogens (tertiary/aromatic N) is 2. The summed E-state index contributed by atoms with van der Waals surface area (Å²) in [6.07, 6.45) is 1.24. The Labute approximate surface area is 207 Å². The Morgan fingerprint density at radius 2 is 1.94 bits per heavy atom. The molecule has 11 heteroatoms. The number of halogens is 2. The third-order valence-corrected chi connectivity index (χ3v) is 6.42. The van der Waals surface area contributed by atoms with E-state index >= 15 is 0 Å². The van der Waals surface area contributed by atoms with Crippen LogP contribution < -0.4 is 15.6 Å². The first kappa shape index (κ1) is 24.4. The molecule has 0 fully saturated rings. The lowest BCUT2D eigenvalue weighted by atomic mass is 10.2. The van der Waals surface area contributed by atoms with E-state index in [1.807, 2.05) is 18.2 Å². The number of aryl methyl sites for hydroxylation is 1. The van der Waals surface area contributed by atoms with Gasteiger partial charge in [-0.25, -0.2) is 14.2 Å². The van der Waals surface area contributed by atoms with Crippen LogP contribution in [0.15, 0.2) is 59.7 Å². The predicted molar refractivity (Wildman–Crippen MR) is 131 cm³/mol. The molecule has 0 unspecified atom stereocenters. The van der Waals surface area contributed by atoms with Gasteiger partial charge in [0.1, 0.15) is 41.0 Å². The molecule has 0 aliphatic heterocycles. The first-order chi connectivity index (χ1) is 16.8. The smallest absolute Gasteiger partial charge is 0.348 e. The van der Waals surface area contributed by atoms with E-state index in [0.717, 1.165) is 22.0 Å². The van der Waals surface area contributed by atoms with E-state index in [0.29, 0.717) is 16.1 Å². The quantitative estimate of drug-likeness (QED) is 0.275. The lowest BCUT2D eigenvalue weighted by Crippen LogP contribution is -2.28. The van der Waals surface area contributed by atoms with E-state index in [1.54, 1.807) is 19.1 Å². The van der Waals surface area contributed by atoms with Crippen molar-refractivity contribution in [2.75, 3.05) is 18.5 Å².